The largest absolute Gasteiger partial charge is 0.396 e. The number of carbonyl (C=O) groups excluding carboxylic acids is 1. The number of carbonyl (C=O) groups is 1. The van der Waals surface area contributed by atoms with Crippen LogP contribution in [0.25, 0.3) is 0 Å². The Hall–Kier alpha value is -1.35. The quantitative estimate of drug-likeness (QED) is 0.835. The number of nitrogens with zero attached hydrogens (tertiary/aromatic N) is 1. The molecule has 0 aliphatic carbocycles. The van der Waals surface area contributed by atoms with Crippen molar-refractivity contribution in [1.29, 1.82) is 0 Å². The molecule has 1 amide bonds. The minimum atomic E-state index is 0.0585. The van der Waals surface area contributed by atoms with Crippen LogP contribution in [0.2, 0.25) is 0 Å². The number of rotatable bonds is 3. The number of aliphatic hydroxyl groups is 2. The molecule has 0 radical (unpaired) electrons. The predicted molar refractivity (Wildman–Crippen MR) is 83.4 cm³/mol. The van der Waals surface area contributed by atoms with E-state index in [9.17, 15) is 4.79 Å². The van der Waals surface area contributed by atoms with Gasteiger partial charge in [-0.3, -0.25) is 4.79 Å². The van der Waals surface area contributed by atoms with Crippen LogP contribution in [0, 0.1) is 24.7 Å². The molecular formula is C16H21NO3S. The monoisotopic (exact) mass is 307 g/mol. The molecule has 0 unspecified atom stereocenters. The summed E-state index contributed by atoms with van der Waals surface area (Å²) in [6.07, 6.45) is 2.20. The van der Waals surface area contributed by atoms with E-state index in [4.69, 9.17) is 10.2 Å². The summed E-state index contributed by atoms with van der Waals surface area (Å²) in [7, 11) is 0. The van der Waals surface area contributed by atoms with Gasteiger partial charge in [0.15, 0.2) is 0 Å². The smallest absolute Gasteiger partial charge is 0.263 e. The van der Waals surface area contributed by atoms with Crippen molar-refractivity contribution in [3.8, 4) is 11.8 Å². The zero-order chi connectivity index (χ0) is 15.2. The summed E-state index contributed by atoms with van der Waals surface area (Å²) in [4.78, 5) is 16.0. The second-order valence-electron chi connectivity index (χ2n) is 5.32. The van der Waals surface area contributed by atoms with Crippen molar-refractivity contribution in [2.24, 2.45) is 5.92 Å². The lowest BCUT2D eigenvalue weighted by Crippen LogP contribution is -2.38. The van der Waals surface area contributed by atoms with Gasteiger partial charge in [0.1, 0.15) is 0 Å². The van der Waals surface area contributed by atoms with Gasteiger partial charge in [-0.15, -0.1) is 11.3 Å². The Labute approximate surface area is 129 Å². The minimum absolute atomic E-state index is 0.0585. The third kappa shape index (κ3) is 4.07. The Morgan fingerprint density at radius 3 is 2.76 bits per heavy atom. The Morgan fingerprint density at radius 2 is 2.14 bits per heavy atom. The topological polar surface area (TPSA) is 60.8 Å². The average Bonchev–Trinajstić information content (AvgIpc) is 2.88. The van der Waals surface area contributed by atoms with E-state index < -0.39 is 0 Å². The van der Waals surface area contributed by atoms with Gasteiger partial charge in [0.25, 0.3) is 5.91 Å². The summed E-state index contributed by atoms with van der Waals surface area (Å²) in [6, 6.07) is 1.90. The van der Waals surface area contributed by atoms with Gasteiger partial charge in [-0.05, 0) is 37.3 Å². The van der Waals surface area contributed by atoms with Gasteiger partial charge in [-0.2, -0.15) is 0 Å². The fraction of sp³-hybridized carbons (Fsp3) is 0.562. The van der Waals surface area contributed by atoms with E-state index in [1.165, 1.54) is 11.3 Å². The number of aryl methyl sites for hydroxylation is 1. The van der Waals surface area contributed by atoms with Gasteiger partial charge in [0.2, 0.25) is 0 Å². The molecule has 21 heavy (non-hydrogen) atoms. The highest BCUT2D eigenvalue weighted by Crippen LogP contribution is 2.25. The van der Waals surface area contributed by atoms with E-state index in [1.807, 2.05) is 17.9 Å². The van der Waals surface area contributed by atoms with E-state index in [0.29, 0.717) is 25.4 Å². The Morgan fingerprint density at radius 1 is 1.43 bits per heavy atom. The SMILES string of the molecule is Cc1cc(C(=O)N2CCC(CO)CC2)sc1C#CCCO. The summed E-state index contributed by atoms with van der Waals surface area (Å²) < 4.78 is 0. The molecule has 1 aliphatic rings. The maximum atomic E-state index is 12.5. The standard InChI is InChI=1S/C16H21NO3S/c1-12-10-15(21-14(12)4-2-3-9-18)16(20)17-7-5-13(11-19)6-8-17/h10,13,18-19H,3,5-9,11H2,1H3. The predicted octanol–water partition coefficient (Wildman–Crippen LogP) is 1.63. The van der Waals surface area contributed by atoms with Gasteiger partial charge >= 0.3 is 0 Å². The van der Waals surface area contributed by atoms with Crippen molar-refractivity contribution in [2.45, 2.75) is 26.2 Å². The first kappa shape index (κ1) is 16.0. The first-order valence-electron chi connectivity index (χ1n) is 7.26. The summed E-state index contributed by atoms with van der Waals surface area (Å²) in [5.74, 6) is 6.31. The van der Waals surface area contributed by atoms with E-state index >= 15 is 0 Å². The van der Waals surface area contributed by atoms with E-state index in [0.717, 1.165) is 28.2 Å². The zero-order valence-electron chi connectivity index (χ0n) is 12.3. The molecule has 0 spiro atoms. The summed E-state index contributed by atoms with van der Waals surface area (Å²) in [6.45, 7) is 3.65. The lowest BCUT2D eigenvalue weighted by atomic mass is 9.98. The molecule has 0 bridgehead atoms. The maximum Gasteiger partial charge on any atom is 0.263 e. The van der Waals surface area contributed by atoms with Crippen LogP contribution in [-0.2, 0) is 0 Å². The fourth-order valence-electron chi connectivity index (χ4n) is 2.38. The van der Waals surface area contributed by atoms with E-state index in [2.05, 4.69) is 11.8 Å². The molecule has 1 aromatic heterocycles. The van der Waals surface area contributed by atoms with Crippen LogP contribution in [0.3, 0.4) is 0 Å². The molecule has 0 aromatic carbocycles. The molecular weight excluding hydrogens is 286 g/mol. The number of hydrogen-bond donors (Lipinski definition) is 2. The lowest BCUT2D eigenvalue weighted by molar-refractivity contribution is 0.0655. The van der Waals surface area contributed by atoms with Crippen LogP contribution >= 0.6 is 11.3 Å². The molecule has 0 saturated carbocycles. The number of aliphatic hydroxyl groups excluding tert-OH is 2. The minimum Gasteiger partial charge on any atom is -0.396 e. The van der Waals surface area contributed by atoms with Crippen LogP contribution in [0.5, 0.6) is 0 Å². The lowest BCUT2D eigenvalue weighted by Gasteiger charge is -2.30. The Kier molecular flexibility index (Phi) is 5.80. The third-order valence-electron chi connectivity index (χ3n) is 3.73. The molecule has 0 atom stereocenters. The maximum absolute atomic E-state index is 12.5. The van der Waals surface area contributed by atoms with Gasteiger partial charge in [0, 0.05) is 26.1 Å². The third-order valence-corrected chi connectivity index (χ3v) is 4.87. The molecule has 114 valence electrons. The highest BCUT2D eigenvalue weighted by Gasteiger charge is 2.24. The number of amides is 1. The van der Waals surface area contributed by atoms with Crippen molar-refractivity contribution in [3.05, 3.63) is 21.4 Å². The normalized spacial score (nSPS) is 15.7. The number of likely N-dealkylation sites (tertiary alicyclic amines) is 1. The molecule has 1 saturated heterocycles. The van der Waals surface area contributed by atoms with Gasteiger partial charge < -0.3 is 15.1 Å². The average molecular weight is 307 g/mol. The molecule has 2 N–H and O–H groups in total. The van der Waals surface area contributed by atoms with Gasteiger partial charge in [-0.1, -0.05) is 11.8 Å². The van der Waals surface area contributed by atoms with Crippen LogP contribution in [0.4, 0.5) is 0 Å². The first-order chi connectivity index (χ1) is 10.2. The van der Waals surface area contributed by atoms with Crippen molar-refractivity contribution in [1.82, 2.24) is 4.90 Å². The van der Waals surface area contributed by atoms with Crippen molar-refractivity contribution >= 4 is 17.2 Å². The summed E-state index contributed by atoms with van der Waals surface area (Å²) >= 11 is 1.42. The number of thiophene rings is 1. The van der Waals surface area contributed by atoms with Gasteiger partial charge in [0.05, 0.1) is 16.4 Å². The Balaban J connectivity index is 2.04. The zero-order valence-corrected chi connectivity index (χ0v) is 13.1. The van der Waals surface area contributed by atoms with Crippen molar-refractivity contribution in [2.75, 3.05) is 26.3 Å². The van der Waals surface area contributed by atoms with Crippen molar-refractivity contribution in [3.63, 3.8) is 0 Å². The highest BCUT2D eigenvalue weighted by atomic mass is 32.1. The molecule has 5 heteroatoms. The van der Waals surface area contributed by atoms with E-state index in [-0.39, 0.29) is 19.1 Å². The molecule has 4 nitrogen and oxygen atoms in total. The van der Waals surface area contributed by atoms with Crippen molar-refractivity contribution < 1.29 is 15.0 Å². The molecule has 1 fully saturated rings. The van der Waals surface area contributed by atoms with Crippen LogP contribution < -0.4 is 0 Å². The van der Waals surface area contributed by atoms with E-state index in [1.54, 1.807) is 0 Å². The number of hydrogen-bond acceptors (Lipinski definition) is 4. The molecule has 2 heterocycles. The first-order valence-corrected chi connectivity index (χ1v) is 8.07. The van der Waals surface area contributed by atoms with Crippen LogP contribution in [0.15, 0.2) is 6.07 Å². The second kappa shape index (κ2) is 7.60. The van der Waals surface area contributed by atoms with Gasteiger partial charge in [-0.25, -0.2) is 0 Å². The molecule has 2 rings (SSSR count). The summed E-state index contributed by atoms with van der Waals surface area (Å²) in [5, 5.41) is 17.9. The number of piperidine rings is 1. The van der Waals surface area contributed by atoms with Crippen LogP contribution in [0.1, 0.15) is 39.4 Å². The molecule has 1 aliphatic heterocycles. The fourth-order valence-corrected chi connectivity index (χ4v) is 3.40. The second-order valence-corrected chi connectivity index (χ2v) is 6.37. The van der Waals surface area contributed by atoms with Crippen LogP contribution in [-0.4, -0.2) is 47.3 Å². The Bertz CT molecular complexity index is 548. The highest BCUT2D eigenvalue weighted by molar-refractivity contribution is 7.14. The molecule has 1 aromatic rings. The summed E-state index contributed by atoms with van der Waals surface area (Å²) in [5.41, 5.74) is 1.01.